The highest BCUT2D eigenvalue weighted by Gasteiger charge is 2.45. The molecule has 0 spiro atoms. The normalized spacial score (nSPS) is 20.7. The summed E-state index contributed by atoms with van der Waals surface area (Å²) in [4.78, 5) is 85.9. The fourth-order valence-corrected chi connectivity index (χ4v) is 10.1. The van der Waals surface area contributed by atoms with Crippen molar-refractivity contribution < 1.29 is 28.7 Å². The van der Waals surface area contributed by atoms with Crippen LogP contribution in [0.25, 0.3) is 0 Å². The number of piperidine rings is 3. The maximum absolute atomic E-state index is 13.4. The van der Waals surface area contributed by atoms with Crippen molar-refractivity contribution in [1.82, 2.24) is 35.0 Å². The van der Waals surface area contributed by atoms with Crippen LogP contribution < -0.4 is 25.6 Å². The quantitative estimate of drug-likeness (QED) is 0.203. The molecular weight excluding hydrogens is 801 g/mol. The summed E-state index contributed by atoms with van der Waals surface area (Å²) in [6.07, 6.45) is 9.13. The smallest absolute Gasteiger partial charge is 0.262 e. The van der Waals surface area contributed by atoms with Crippen molar-refractivity contribution in [2.75, 3.05) is 68.0 Å². The molecule has 326 valence electrons. The number of nitrogens with zero attached hydrogens (tertiary/aromatic N) is 7. The van der Waals surface area contributed by atoms with Crippen LogP contribution in [0.15, 0.2) is 54.9 Å². The Hall–Kier alpha value is -6.42. The van der Waals surface area contributed by atoms with Crippen LogP contribution in [-0.2, 0) is 33.8 Å². The summed E-state index contributed by atoms with van der Waals surface area (Å²) in [5.74, 6) is 0.232. The minimum atomic E-state index is -0.964. The summed E-state index contributed by atoms with van der Waals surface area (Å²) >= 11 is 0. The molecule has 4 aromatic rings. The average molecular weight is 853 g/mol. The van der Waals surface area contributed by atoms with Gasteiger partial charge in [-0.3, -0.25) is 34.2 Å². The van der Waals surface area contributed by atoms with Crippen LogP contribution in [0.5, 0.6) is 5.88 Å². The van der Waals surface area contributed by atoms with Gasteiger partial charge in [-0.2, -0.15) is 0 Å². The highest BCUT2D eigenvalue weighted by molar-refractivity contribution is 6.23. The van der Waals surface area contributed by atoms with Gasteiger partial charge in [0.25, 0.3) is 11.8 Å². The zero-order valence-electron chi connectivity index (χ0n) is 35.5. The summed E-state index contributed by atoms with van der Waals surface area (Å²) in [6.45, 7) is 9.43. The molecule has 63 heavy (non-hydrogen) atoms. The van der Waals surface area contributed by atoms with E-state index in [2.05, 4.69) is 42.6 Å². The van der Waals surface area contributed by atoms with Gasteiger partial charge < -0.3 is 30.1 Å². The monoisotopic (exact) mass is 852 g/mol. The van der Waals surface area contributed by atoms with Crippen LogP contribution in [0, 0.1) is 12.8 Å². The second-order valence-electron chi connectivity index (χ2n) is 17.7. The minimum Gasteiger partial charge on any atom is -0.474 e. The van der Waals surface area contributed by atoms with Gasteiger partial charge in [0.15, 0.2) is 0 Å². The molecule has 0 aliphatic carbocycles. The molecule has 2 aromatic heterocycles. The number of hydrogen-bond acceptors (Lipinski definition) is 13. The van der Waals surface area contributed by atoms with Gasteiger partial charge in [0.2, 0.25) is 29.5 Å². The number of aromatic nitrogens is 3. The summed E-state index contributed by atoms with van der Waals surface area (Å²) in [5.41, 5.74) is 8.84. The number of ether oxygens (including phenoxy) is 1. The van der Waals surface area contributed by atoms with E-state index in [0.717, 1.165) is 128 Å². The Morgan fingerprint density at radius 2 is 1.67 bits per heavy atom. The summed E-state index contributed by atoms with van der Waals surface area (Å²) in [6, 6.07) is 12.5. The standard InChI is InChI=1S/C47H52N10O6/c1-28-39(25-49-44-42(28)48-15-21-63-44)56-20-14-33-24-50-47(52-37(33)27-56)51-34-5-2-29(3-6-34)22-41(59)55-18-10-30(11-19-55)26-54-16-12-31(13-17-54)32-4-7-35-36(23-32)46(62)57(45(35)61)38-8-9-40(58)53-43(38)60/h2-7,23-25,30-31,38,48H,8-22,26-27H2,1H3,(H,50,51,52)(H,53,58,60). The van der Waals surface area contributed by atoms with E-state index in [1.54, 1.807) is 6.07 Å². The van der Waals surface area contributed by atoms with Crippen molar-refractivity contribution in [1.29, 1.82) is 0 Å². The molecule has 5 amide bonds. The molecule has 10 rings (SSSR count). The van der Waals surface area contributed by atoms with E-state index in [-0.39, 0.29) is 30.6 Å². The van der Waals surface area contributed by atoms with E-state index in [4.69, 9.17) is 9.72 Å². The molecule has 0 saturated carbocycles. The molecule has 3 fully saturated rings. The number of benzene rings is 2. The summed E-state index contributed by atoms with van der Waals surface area (Å²) in [7, 11) is 0. The van der Waals surface area contributed by atoms with Gasteiger partial charge in [-0.25, -0.2) is 15.0 Å². The first-order valence-electron chi connectivity index (χ1n) is 22.3. The molecule has 0 radical (unpaired) electrons. The summed E-state index contributed by atoms with van der Waals surface area (Å²) in [5, 5.41) is 9.04. The number of likely N-dealkylation sites (tertiary alicyclic amines) is 2. The number of amides is 5. The molecule has 6 aliphatic heterocycles. The maximum atomic E-state index is 13.4. The van der Waals surface area contributed by atoms with E-state index >= 15 is 0 Å². The lowest BCUT2D eigenvalue weighted by molar-refractivity contribution is -0.136. The number of nitrogens with one attached hydrogen (secondary N) is 3. The van der Waals surface area contributed by atoms with Gasteiger partial charge in [0, 0.05) is 56.6 Å². The van der Waals surface area contributed by atoms with Crippen LogP contribution in [0.1, 0.15) is 93.1 Å². The fourth-order valence-electron chi connectivity index (χ4n) is 10.1. The lowest BCUT2D eigenvalue weighted by Crippen LogP contribution is -2.54. The molecule has 2 aromatic carbocycles. The van der Waals surface area contributed by atoms with Gasteiger partial charge in [-0.1, -0.05) is 18.2 Å². The third kappa shape index (κ3) is 8.19. The van der Waals surface area contributed by atoms with Gasteiger partial charge in [0.05, 0.1) is 41.7 Å². The molecule has 16 nitrogen and oxygen atoms in total. The highest BCUT2D eigenvalue weighted by Crippen LogP contribution is 2.37. The maximum Gasteiger partial charge on any atom is 0.262 e. The van der Waals surface area contributed by atoms with Crippen molar-refractivity contribution in [2.45, 2.75) is 76.8 Å². The first-order valence-corrected chi connectivity index (χ1v) is 22.3. The van der Waals surface area contributed by atoms with Crippen molar-refractivity contribution in [3.05, 3.63) is 93.9 Å². The van der Waals surface area contributed by atoms with Crippen LogP contribution in [0.2, 0.25) is 0 Å². The Balaban J connectivity index is 0.668. The summed E-state index contributed by atoms with van der Waals surface area (Å²) < 4.78 is 5.73. The van der Waals surface area contributed by atoms with Gasteiger partial charge in [-0.15, -0.1) is 0 Å². The van der Waals surface area contributed by atoms with E-state index < -0.39 is 23.8 Å². The molecule has 6 aliphatic rings. The number of fused-ring (bicyclic) bond motifs is 3. The zero-order chi connectivity index (χ0) is 43.2. The van der Waals surface area contributed by atoms with Crippen molar-refractivity contribution in [3.63, 3.8) is 0 Å². The van der Waals surface area contributed by atoms with E-state index in [1.807, 2.05) is 53.7 Å². The highest BCUT2D eigenvalue weighted by atomic mass is 16.5. The van der Waals surface area contributed by atoms with Crippen molar-refractivity contribution >= 4 is 52.5 Å². The lowest BCUT2D eigenvalue weighted by atomic mass is 9.87. The number of carbonyl (C=O) groups excluding carboxylic acids is 5. The fraction of sp³-hybridized carbons (Fsp3) is 0.447. The van der Waals surface area contributed by atoms with Crippen molar-refractivity contribution in [3.8, 4) is 5.88 Å². The number of imide groups is 2. The second-order valence-corrected chi connectivity index (χ2v) is 17.7. The SMILES string of the molecule is Cc1c(N2CCc3cnc(Nc4ccc(CC(=O)N5CCC(CN6CCC(c7ccc8c(c7)C(=O)N(C7CCC(=O)NC7=O)C8=O)CC6)CC5)cc4)nc3C2)cnc2c1NCCO2. The Labute approximate surface area is 365 Å². The molecule has 3 N–H and O–H groups in total. The van der Waals surface area contributed by atoms with Crippen LogP contribution in [-0.4, -0.2) is 118 Å². The van der Waals surface area contributed by atoms with Gasteiger partial charge in [0.1, 0.15) is 18.3 Å². The van der Waals surface area contributed by atoms with E-state index in [9.17, 15) is 24.0 Å². The number of pyridine rings is 1. The minimum absolute atomic E-state index is 0.0969. The average Bonchev–Trinajstić information content (AvgIpc) is 3.55. The molecule has 3 saturated heterocycles. The van der Waals surface area contributed by atoms with E-state index in [0.29, 0.717) is 48.4 Å². The van der Waals surface area contributed by atoms with Crippen LogP contribution in [0.4, 0.5) is 23.0 Å². The van der Waals surface area contributed by atoms with Crippen molar-refractivity contribution in [2.24, 2.45) is 5.92 Å². The number of anilines is 4. The number of hydrogen-bond donors (Lipinski definition) is 3. The van der Waals surface area contributed by atoms with E-state index in [1.165, 1.54) is 0 Å². The second kappa shape index (κ2) is 17.0. The molecule has 0 bridgehead atoms. The molecule has 1 atom stereocenters. The largest absolute Gasteiger partial charge is 0.474 e. The number of rotatable bonds is 9. The Morgan fingerprint density at radius 3 is 2.46 bits per heavy atom. The van der Waals surface area contributed by atoms with Crippen LogP contribution >= 0.6 is 0 Å². The molecule has 16 heteroatoms. The molecular formula is C47H52N10O6. The first-order chi connectivity index (χ1) is 30.6. The first kappa shape index (κ1) is 40.6. The van der Waals surface area contributed by atoms with Gasteiger partial charge in [-0.05, 0) is 111 Å². The third-order valence-electron chi connectivity index (χ3n) is 13.8. The third-order valence-corrected chi connectivity index (χ3v) is 13.8. The Bertz CT molecular complexity index is 2480. The van der Waals surface area contributed by atoms with Crippen LogP contribution in [0.3, 0.4) is 0 Å². The number of carbonyl (C=O) groups is 5. The lowest BCUT2D eigenvalue weighted by Gasteiger charge is -2.38. The zero-order valence-corrected chi connectivity index (χ0v) is 35.5. The molecule has 8 heterocycles. The molecule has 1 unspecified atom stereocenters. The predicted molar refractivity (Wildman–Crippen MR) is 234 cm³/mol. The predicted octanol–water partition coefficient (Wildman–Crippen LogP) is 4.35. The Morgan fingerprint density at radius 1 is 0.873 bits per heavy atom. The topological polar surface area (TPSA) is 182 Å². The Kier molecular flexibility index (Phi) is 11.0. The van der Waals surface area contributed by atoms with Gasteiger partial charge >= 0.3 is 0 Å².